The van der Waals surface area contributed by atoms with Gasteiger partial charge in [0.25, 0.3) is 5.56 Å². The number of alkyl halides is 1. The SMILES string of the molecule is Cn1cc(-c2cn(-c3ccc(OCF)cc3)c(=O)c3[nH]nnc23)cn1. The molecule has 0 unspecified atom stereocenters. The van der Waals surface area contributed by atoms with E-state index >= 15 is 0 Å². The number of aryl methyl sites for hydroxylation is 1. The van der Waals surface area contributed by atoms with E-state index in [1.165, 1.54) is 4.57 Å². The summed E-state index contributed by atoms with van der Waals surface area (Å²) in [5, 5.41) is 14.6. The lowest BCUT2D eigenvalue weighted by Crippen LogP contribution is -2.18. The number of ether oxygens (including phenoxy) is 1. The number of hydrogen-bond donors (Lipinski definition) is 1. The summed E-state index contributed by atoms with van der Waals surface area (Å²) >= 11 is 0. The fourth-order valence-electron chi connectivity index (χ4n) is 2.66. The zero-order valence-electron chi connectivity index (χ0n) is 13.2. The van der Waals surface area contributed by atoms with Gasteiger partial charge in [-0.2, -0.15) is 5.10 Å². The number of pyridine rings is 1. The molecular weight excluding hydrogens is 327 g/mol. The molecule has 25 heavy (non-hydrogen) atoms. The quantitative estimate of drug-likeness (QED) is 0.612. The van der Waals surface area contributed by atoms with Gasteiger partial charge in [0.05, 0.1) is 6.20 Å². The Kier molecular flexibility index (Phi) is 3.53. The average Bonchev–Trinajstić information content (AvgIpc) is 3.26. The van der Waals surface area contributed by atoms with Crippen LogP contribution in [0.25, 0.3) is 27.8 Å². The zero-order chi connectivity index (χ0) is 17.4. The maximum atomic E-state index is 12.7. The molecule has 0 saturated carbocycles. The molecule has 0 aliphatic rings. The second-order valence-electron chi connectivity index (χ2n) is 5.40. The van der Waals surface area contributed by atoms with E-state index < -0.39 is 6.86 Å². The highest BCUT2D eigenvalue weighted by Gasteiger charge is 2.15. The van der Waals surface area contributed by atoms with Crippen LogP contribution in [0.4, 0.5) is 4.39 Å². The number of H-pyrrole nitrogens is 1. The van der Waals surface area contributed by atoms with E-state index in [9.17, 15) is 9.18 Å². The van der Waals surface area contributed by atoms with Gasteiger partial charge in [0.2, 0.25) is 6.86 Å². The standard InChI is InChI=1S/C16H13FN6O2/c1-22-7-10(6-18-22)13-8-23(16(24)15-14(13)19-21-20-15)11-2-4-12(5-3-11)25-9-17/h2-8H,9H2,1H3,(H,19,20,21). The van der Waals surface area contributed by atoms with Gasteiger partial charge >= 0.3 is 0 Å². The molecular formula is C16H13FN6O2. The molecule has 126 valence electrons. The normalized spacial score (nSPS) is 11.1. The van der Waals surface area contributed by atoms with E-state index in [4.69, 9.17) is 4.74 Å². The van der Waals surface area contributed by atoms with Crippen molar-refractivity contribution >= 4 is 11.0 Å². The molecule has 0 aliphatic heterocycles. The minimum Gasteiger partial charge on any atom is -0.463 e. The first-order valence-electron chi connectivity index (χ1n) is 7.42. The van der Waals surface area contributed by atoms with Crippen molar-refractivity contribution in [2.45, 2.75) is 0 Å². The fraction of sp³-hybridized carbons (Fsp3) is 0.125. The average molecular weight is 340 g/mol. The van der Waals surface area contributed by atoms with Crippen molar-refractivity contribution in [3.63, 3.8) is 0 Å². The Morgan fingerprint density at radius 3 is 2.72 bits per heavy atom. The third kappa shape index (κ3) is 2.55. The zero-order valence-corrected chi connectivity index (χ0v) is 13.2. The number of aromatic nitrogens is 6. The van der Waals surface area contributed by atoms with Crippen molar-refractivity contribution in [2.75, 3.05) is 6.86 Å². The van der Waals surface area contributed by atoms with Crippen LogP contribution in [0.1, 0.15) is 0 Å². The highest BCUT2D eigenvalue weighted by molar-refractivity contribution is 5.90. The lowest BCUT2D eigenvalue weighted by atomic mass is 10.1. The summed E-state index contributed by atoms with van der Waals surface area (Å²) < 4.78 is 20.2. The smallest absolute Gasteiger partial charge is 0.282 e. The largest absolute Gasteiger partial charge is 0.463 e. The first kappa shape index (κ1) is 15.1. The predicted molar refractivity (Wildman–Crippen MR) is 88.3 cm³/mol. The maximum absolute atomic E-state index is 12.7. The Morgan fingerprint density at radius 1 is 1.24 bits per heavy atom. The van der Waals surface area contributed by atoms with Crippen LogP contribution in [0.2, 0.25) is 0 Å². The van der Waals surface area contributed by atoms with Crippen LogP contribution in [0.3, 0.4) is 0 Å². The topological polar surface area (TPSA) is 90.6 Å². The van der Waals surface area contributed by atoms with E-state index in [0.717, 1.165) is 11.1 Å². The first-order valence-corrected chi connectivity index (χ1v) is 7.42. The van der Waals surface area contributed by atoms with Crippen molar-refractivity contribution < 1.29 is 9.13 Å². The van der Waals surface area contributed by atoms with Crippen molar-refractivity contribution in [1.29, 1.82) is 0 Å². The van der Waals surface area contributed by atoms with Crippen LogP contribution in [0.15, 0.2) is 47.7 Å². The number of nitrogens with zero attached hydrogens (tertiary/aromatic N) is 5. The molecule has 0 radical (unpaired) electrons. The third-order valence-electron chi connectivity index (χ3n) is 3.85. The molecule has 3 heterocycles. The molecule has 0 spiro atoms. The van der Waals surface area contributed by atoms with Gasteiger partial charge in [0.1, 0.15) is 11.3 Å². The highest BCUT2D eigenvalue weighted by Crippen LogP contribution is 2.25. The lowest BCUT2D eigenvalue weighted by Gasteiger charge is -2.09. The van der Waals surface area contributed by atoms with Gasteiger partial charge < -0.3 is 4.74 Å². The Morgan fingerprint density at radius 2 is 2.04 bits per heavy atom. The summed E-state index contributed by atoms with van der Waals surface area (Å²) in [4.78, 5) is 12.7. The minimum absolute atomic E-state index is 0.285. The van der Waals surface area contributed by atoms with E-state index in [1.54, 1.807) is 41.3 Å². The summed E-state index contributed by atoms with van der Waals surface area (Å²) in [5.41, 5.74) is 2.63. The van der Waals surface area contributed by atoms with Gasteiger partial charge in [-0.3, -0.25) is 19.1 Å². The molecule has 8 nitrogen and oxygen atoms in total. The predicted octanol–water partition coefficient (Wildman–Crippen LogP) is 1.82. The van der Waals surface area contributed by atoms with Gasteiger partial charge in [-0.15, -0.1) is 5.10 Å². The molecule has 0 bridgehead atoms. The van der Waals surface area contributed by atoms with Crippen LogP contribution in [0.5, 0.6) is 5.75 Å². The minimum atomic E-state index is -0.907. The molecule has 0 aliphatic carbocycles. The van der Waals surface area contributed by atoms with Gasteiger partial charge in [0, 0.05) is 36.3 Å². The van der Waals surface area contributed by atoms with E-state index in [0.29, 0.717) is 22.5 Å². The third-order valence-corrected chi connectivity index (χ3v) is 3.85. The Labute approximate surface area is 140 Å². The molecule has 0 atom stereocenters. The van der Waals surface area contributed by atoms with E-state index in [-0.39, 0.29) is 5.56 Å². The lowest BCUT2D eigenvalue weighted by molar-refractivity contribution is 0.192. The molecule has 0 amide bonds. The van der Waals surface area contributed by atoms with Crippen LogP contribution in [-0.2, 0) is 7.05 Å². The van der Waals surface area contributed by atoms with Gasteiger partial charge in [-0.1, -0.05) is 5.21 Å². The van der Waals surface area contributed by atoms with Crippen LogP contribution >= 0.6 is 0 Å². The van der Waals surface area contributed by atoms with Crippen molar-refractivity contribution in [3.8, 4) is 22.6 Å². The molecule has 0 saturated heterocycles. The summed E-state index contributed by atoms with van der Waals surface area (Å²) in [6.07, 6.45) is 5.21. The molecule has 1 aromatic carbocycles. The number of fused-ring (bicyclic) bond motifs is 1. The number of nitrogens with one attached hydrogen (secondary N) is 1. The van der Waals surface area contributed by atoms with Crippen molar-refractivity contribution in [3.05, 3.63) is 53.2 Å². The van der Waals surface area contributed by atoms with Gasteiger partial charge in [-0.05, 0) is 24.3 Å². The Bertz CT molecular complexity index is 1100. The molecule has 9 heteroatoms. The highest BCUT2D eigenvalue weighted by atomic mass is 19.1. The summed E-state index contributed by atoms with van der Waals surface area (Å²) in [6.45, 7) is -0.907. The van der Waals surface area contributed by atoms with Crippen molar-refractivity contribution in [2.24, 2.45) is 7.05 Å². The van der Waals surface area contributed by atoms with Crippen molar-refractivity contribution in [1.82, 2.24) is 29.8 Å². The maximum Gasteiger partial charge on any atom is 0.282 e. The van der Waals surface area contributed by atoms with E-state index in [2.05, 4.69) is 20.5 Å². The fourth-order valence-corrected chi connectivity index (χ4v) is 2.66. The number of hydrogen-bond acceptors (Lipinski definition) is 5. The Balaban J connectivity index is 1.92. The second-order valence-corrected chi connectivity index (χ2v) is 5.40. The molecule has 1 N–H and O–H groups in total. The van der Waals surface area contributed by atoms with E-state index in [1.807, 2.05) is 13.2 Å². The number of benzene rings is 1. The summed E-state index contributed by atoms with van der Waals surface area (Å²) in [6, 6.07) is 6.55. The molecule has 4 rings (SSSR count). The van der Waals surface area contributed by atoms with Crippen LogP contribution in [-0.4, -0.2) is 36.6 Å². The summed E-state index contributed by atoms with van der Waals surface area (Å²) in [5.74, 6) is 0.385. The monoisotopic (exact) mass is 340 g/mol. The molecule has 3 aromatic heterocycles. The number of rotatable bonds is 4. The Hall–Kier alpha value is -3.49. The van der Waals surface area contributed by atoms with Gasteiger partial charge in [-0.25, -0.2) is 4.39 Å². The van der Waals surface area contributed by atoms with Crippen LogP contribution in [0, 0.1) is 0 Å². The number of aromatic amines is 1. The molecule has 0 fully saturated rings. The molecule has 4 aromatic rings. The summed E-state index contributed by atoms with van der Waals surface area (Å²) in [7, 11) is 1.81. The second kappa shape index (κ2) is 5.86. The first-order chi connectivity index (χ1) is 12.2. The van der Waals surface area contributed by atoms with Crippen LogP contribution < -0.4 is 10.3 Å². The number of halogens is 1. The van der Waals surface area contributed by atoms with Gasteiger partial charge in [0.15, 0.2) is 5.52 Å².